The fourth-order valence-corrected chi connectivity index (χ4v) is 16.5. The minimum absolute atomic E-state index is 0.611. The van der Waals surface area contributed by atoms with Crippen LogP contribution in [0.25, 0.3) is 49.7 Å². The number of benzene rings is 11. The summed E-state index contributed by atoms with van der Waals surface area (Å²) < 4.78 is 8.55. The van der Waals surface area contributed by atoms with Gasteiger partial charge in [0.15, 0.2) is 8.07 Å². The van der Waals surface area contributed by atoms with Gasteiger partial charge in [-0.05, 0) is 126 Å². The Kier molecular flexibility index (Phi) is 10.1. The lowest BCUT2D eigenvalue weighted by molar-refractivity contribution is 0.482. The minimum Gasteiger partial charge on any atom is -0.457 e. The van der Waals surface area contributed by atoms with Gasteiger partial charge in [0.05, 0.1) is 16.4 Å². The van der Waals surface area contributed by atoms with Gasteiger partial charge in [-0.3, -0.25) is 0 Å². The van der Waals surface area contributed by atoms with Gasteiger partial charge >= 0.3 is 0 Å². The first kappa shape index (κ1) is 41.4. The van der Waals surface area contributed by atoms with Crippen LogP contribution in [-0.4, -0.2) is 12.6 Å². The highest BCUT2D eigenvalue weighted by Gasteiger charge is 2.49. The number of ether oxygens (including phenoxy) is 1. The van der Waals surface area contributed by atoms with Crippen LogP contribution in [0.2, 0.25) is 0 Å². The molecule has 11 aromatic carbocycles. The van der Waals surface area contributed by atoms with Crippen molar-refractivity contribution in [2.45, 2.75) is 5.41 Å². The standard InChI is InChI=1S/C67H47NOSi/c1-7-21-50(22-8-1)67(51-23-9-2-10-24-51)63-46-49(48-36-44-66-62(45-48)61-33-19-20-34-65(61)68(66)52-37-39-54(40-38-52)69-53-25-11-3-12-26-53)35-42-59(63)60-43-41-58(47-64(60)67)70(55-27-13-4-14-28-55,56-29-15-5-16-30-56)57-31-17-6-18-32-57/h1-47H. The summed E-state index contributed by atoms with van der Waals surface area (Å²) >= 11 is 0. The molecule has 0 saturated carbocycles. The average molecular weight is 910 g/mol. The fraction of sp³-hybridized carbons (Fsp3) is 0.0149. The topological polar surface area (TPSA) is 14.2 Å². The van der Waals surface area contributed by atoms with Gasteiger partial charge in [-0.1, -0.05) is 224 Å². The SMILES string of the molecule is c1ccc(Oc2ccc(-n3c4ccccc4c4cc(-c5ccc6c(c5)C(c5ccccc5)(c5ccccc5)c5cc([Si](c7ccccc7)(c7ccccc7)c7ccccc7)ccc5-6)ccc43)cc2)cc1. The molecule has 0 N–H and O–H groups in total. The molecule has 1 aromatic heterocycles. The van der Waals surface area contributed by atoms with Gasteiger partial charge in [-0.2, -0.15) is 0 Å². The molecule has 13 rings (SSSR count). The zero-order valence-electron chi connectivity index (χ0n) is 38.5. The zero-order valence-corrected chi connectivity index (χ0v) is 39.5. The Labute approximate surface area is 410 Å². The average Bonchev–Trinajstić information content (AvgIpc) is 3.93. The van der Waals surface area contributed by atoms with Gasteiger partial charge in [-0.15, -0.1) is 0 Å². The number of nitrogens with zero attached hydrogens (tertiary/aromatic N) is 1. The summed E-state index contributed by atoms with van der Waals surface area (Å²) in [5, 5.41) is 7.88. The van der Waals surface area contributed by atoms with Gasteiger partial charge in [-0.25, -0.2) is 0 Å². The molecule has 70 heavy (non-hydrogen) atoms. The van der Waals surface area contributed by atoms with E-state index >= 15 is 0 Å². The van der Waals surface area contributed by atoms with Crippen molar-refractivity contribution in [3.05, 3.63) is 307 Å². The molecule has 12 aromatic rings. The summed E-state index contributed by atoms with van der Waals surface area (Å²) in [7, 11) is -2.87. The molecule has 0 radical (unpaired) electrons. The molecule has 330 valence electrons. The Morgan fingerprint density at radius 2 is 0.757 bits per heavy atom. The number of hydrogen-bond acceptors (Lipinski definition) is 1. The molecule has 2 nitrogen and oxygen atoms in total. The zero-order chi connectivity index (χ0) is 46.5. The van der Waals surface area contributed by atoms with E-state index in [-0.39, 0.29) is 0 Å². The summed E-state index contributed by atoms with van der Waals surface area (Å²) in [6.07, 6.45) is 0. The number of fused-ring (bicyclic) bond motifs is 6. The number of rotatable bonds is 10. The van der Waals surface area contributed by atoms with Gasteiger partial charge in [0.25, 0.3) is 0 Å². The van der Waals surface area contributed by atoms with Crippen LogP contribution in [0, 0.1) is 0 Å². The molecule has 1 aliphatic carbocycles. The molecule has 0 atom stereocenters. The molecule has 0 aliphatic heterocycles. The van der Waals surface area contributed by atoms with Gasteiger partial charge in [0, 0.05) is 16.5 Å². The predicted molar refractivity (Wildman–Crippen MR) is 294 cm³/mol. The van der Waals surface area contributed by atoms with E-state index in [9.17, 15) is 0 Å². The highest BCUT2D eigenvalue weighted by Crippen LogP contribution is 2.56. The van der Waals surface area contributed by atoms with Crippen molar-refractivity contribution in [1.82, 2.24) is 4.57 Å². The molecule has 0 fully saturated rings. The van der Waals surface area contributed by atoms with Crippen LogP contribution in [0.4, 0.5) is 0 Å². The van der Waals surface area contributed by atoms with Crippen molar-refractivity contribution in [2.24, 2.45) is 0 Å². The third-order valence-corrected chi connectivity index (χ3v) is 19.5. The second-order valence-electron chi connectivity index (χ2n) is 18.3. The Morgan fingerprint density at radius 3 is 1.34 bits per heavy atom. The van der Waals surface area contributed by atoms with E-state index in [2.05, 4.69) is 259 Å². The second kappa shape index (κ2) is 17.1. The lowest BCUT2D eigenvalue weighted by atomic mass is 9.67. The van der Waals surface area contributed by atoms with Gasteiger partial charge in [0.2, 0.25) is 0 Å². The van der Waals surface area contributed by atoms with E-state index in [0.29, 0.717) is 0 Å². The molecule has 0 bridgehead atoms. The molecule has 0 saturated heterocycles. The first-order valence-corrected chi connectivity index (χ1v) is 26.2. The smallest absolute Gasteiger partial charge is 0.179 e. The molecule has 0 amide bonds. The monoisotopic (exact) mass is 909 g/mol. The maximum atomic E-state index is 6.18. The Morgan fingerprint density at radius 1 is 0.314 bits per heavy atom. The summed E-state index contributed by atoms with van der Waals surface area (Å²) in [6.45, 7) is 0. The van der Waals surface area contributed by atoms with Crippen molar-refractivity contribution in [1.29, 1.82) is 0 Å². The van der Waals surface area contributed by atoms with E-state index < -0.39 is 13.5 Å². The molecule has 1 aliphatic rings. The summed E-state index contributed by atoms with van der Waals surface area (Å²) in [5.41, 5.74) is 12.8. The summed E-state index contributed by atoms with van der Waals surface area (Å²) in [4.78, 5) is 0. The normalized spacial score (nSPS) is 12.7. The predicted octanol–water partition coefficient (Wildman–Crippen LogP) is 14.0. The number of hydrogen-bond donors (Lipinski definition) is 0. The Balaban J connectivity index is 1.01. The quantitative estimate of drug-likeness (QED) is 0.0985. The van der Waals surface area contributed by atoms with Crippen molar-refractivity contribution in [3.63, 3.8) is 0 Å². The third-order valence-electron chi connectivity index (χ3n) is 14.7. The number of aromatic nitrogens is 1. The number of para-hydroxylation sites is 2. The van der Waals surface area contributed by atoms with E-state index in [1.165, 1.54) is 81.5 Å². The first-order valence-electron chi connectivity index (χ1n) is 24.2. The largest absolute Gasteiger partial charge is 0.457 e. The van der Waals surface area contributed by atoms with E-state index in [4.69, 9.17) is 4.74 Å². The van der Waals surface area contributed by atoms with Crippen molar-refractivity contribution in [2.75, 3.05) is 0 Å². The summed E-state index contributed by atoms with van der Waals surface area (Å²) in [5.74, 6) is 1.63. The van der Waals surface area contributed by atoms with Gasteiger partial charge < -0.3 is 9.30 Å². The van der Waals surface area contributed by atoms with Crippen molar-refractivity contribution < 1.29 is 4.74 Å². The highest BCUT2D eigenvalue weighted by molar-refractivity contribution is 7.19. The van der Waals surface area contributed by atoms with E-state index in [1.807, 2.05) is 30.3 Å². The molecule has 1 heterocycles. The van der Waals surface area contributed by atoms with E-state index in [0.717, 1.165) is 22.7 Å². The lowest BCUT2D eigenvalue weighted by Gasteiger charge is -2.37. The fourth-order valence-electron chi connectivity index (χ4n) is 11.7. The van der Waals surface area contributed by atoms with Gasteiger partial charge in [0.1, 0.15) is 11.5 Å². The van der Waals surface area contributed by atoms with Crippen LogP contribution in [0.1, 0.15) is 22.3 Å². The Hall–Kier alpha value is -8.76. The highest BCUT2D eigenvalue weighted by atomic mass is 28.3. The van der Waals surface area contributed by atoms with Crippen molar-refractivity contribution >= 4 is 50.6 Å². The van der Waals surface area contributed by atoms with Crippen LogP contribution in [0.15, 0.2) is 285 Å². The second-order valence-corrected chi connectivity index (χ2v) is 22.2. The summed E-state index contributed by atoms with van der Waals surface area (Å²) in [6, 6.07) is 105. The third kappa shape index (κ3) is 6.54. The van der Waals surface area contributed by atoms with Crippen molar-refractivity contribution in [3.8, 4) is 39.4 Å². The Bertz CT molecular complexity index is 3680. The molecular weight excluding hydrogens is 863 g/mol. The van der Waals surface area contributed by atoms with Crippen LogP contribution < -0.4 is 25.5 Å². The molecule has 0 unspecified atom stereocenters. The van der Waals surface area contributed by atoms with Crippen LogP contribution >= 0.6 is 0 Å². The van der Waals surface area contributed by atoms with E-state index in [1.54, 1.807) is 0 Å². The maximum Gasteiger partial charge on any atom is 0.179 e. The molecule has 0 spiro atoms. The van der Waals surface area contributed by atoms with Crippen LogP contribution in [0.3, 0.4) is 0 Å². The lowest BCUT2D eigenvalue weighted by Crippen LogP contribution is -2.74. The van der Waals surface area contributed by atoms with Crippen LogP contribution in [0.5, 0.6) is 11.5 Å². The molecular formula is C67H47NOSi. The molecule has 3 heteroatoms. The van der Waals surface area contributed by atoms with Crippen LogP contribution in [-0.2, 0) is 5.41 Å². The maximum absolute atomic E-state index is 6.18. The minimum atomic E-state index is -2.87. The first-order chi connectivity index (χ1) is 34.7.